The van der Waals surface area contributed by atoms with Crippen LogP contribution in [0.4, 0.5) is 0 Å². The Labute approximate surface area is 76.5 Å². The van der Waals surface area contributed by atoms with E-state index < -0.39 is 0 Å². The van der Waals surface area contributed by atoms with Gasteiger partial charge in [0.15, 0.2) is 0 Å². The highest BCUT2D eigenvalue weighted by Gasteiger charge is 1.98. The van der Waals surface area contributed by atoms with E-state index in [-0.39, 0.29) is 0 Å². The van der Waals surface area contributed by atoms with Crippen LogP contribution in [-0.4, -0.2) is 31.8 Å². The molecule has 11 heavy (non-hydrogen) atoms. The smallest absolute Gasteiger partial charge is 0.0882 e. The molecule has 0 saturated carbocycles. The van der Waals surface area contributed by atoms with Gasteiger partial charge in [-0.2, -0.15) is 0 Å². The summed E-state index contributed by atoms with van der Waals surface area (Å²) in [5.74, 6) is 0. The highest BCUT2D eigenvalue weighted by Crippen LogP contribution is 1.99. The molecule has 0 aromatic carbocycles. The lowest BCUT2D eigenvalue weighted by Gasteiger charge is -2.03. The molecule has 0 bridgehead atoms. The lowest BCUT2D eigenvalue weighted by Crippen LogP contribution is -2.08. The van der Waals surface area contributed by atoms with Gasteiger partial charge in [-0.05, 0) is 12.5 Å². The largest absolute Gasteiger partial charge is 0.378 e. The molecule has 3 heteroatoms. The van der Waals surface area contributed by atoms with Gasteiger partial charge in [0.25, 0.3) is 0 Å². The first-order valence-corrected chi connectivity index (χ1v) is 4.56. The predicted molar refractivity (Wildman–Crippen MR) is 52.8 cm³/mol. The fourth-order valence-electron chi connectivity index (χ4n) is 0.725. The average Bonchev–Trinajstić information content (AvgIpc) is 2.00. The molecule has 0 N–H and O–H groups in total. The van der Waals surface area contributed by atoms with Crippen molar-refractivity contribution in [1.82, 2.24) is 0 Å². The molecule has 0 rings (SSSR count). The van der Waals surface area contributed by atoms with E-state index in [0.717, 1.165) is 11.0 Å². The Morgan fingerprint density at radius 1 is 1.64 bits per heavy atom. The van der Waals surface area contributed by atoms with Gasteiger partial charge in [-0.3, -0.25) is 4.99 Å². The molecule has 2 nitrogen and oxygen atoms in total. The van der Waals surface area contributed by atoms with Crippen LogP contribution in [0.5, 0.6) is 0 Å². The minimum Gasteiger partial charge on any atom is -0.378 e. The molecule has 0 amide bonds. The molecular weight excluding hydrogens is 206 g/mol. The number of alkyl halides is 1. The number of hydrogen-bond donors (Lipinski definition) is 0. The van der Waals surface area contributed by atoms with Crippen LogP contribution >= 0.6 is 15.9 Å². The Balaban J connectivity index is 4.15. The number of nitrogens with zero attached hydrogens (tertiary/aromatic N) is 1. The standard InChI is InChI=1S/C8H14BrNO/c1-7(4-5-9)8(10-2)6-11-3/h4H,5-6H2,1-3H3/b7-4-,10-8?. The molecule has 0 aliphatic carbocycles. The van der Waals surface area contributed by atoms with Crippen molar-refractivity contribution in [3.8, 4) is 0 Å². The van der Waals surface area contributed by atoms with Crippen molar-refractivity contribution in [1.29, 1.82) is 0 Å². The maximum absolute atomic E-state index is 4.98. The van der Waals surface area contributed by atoms with E-state index in [4.69, 9.17) is 4.74 Å². The number of methoxy groups -OCH3 is 1. The number of hydrogen-bond acceptors (Lipinski definition) is 2. The van der Waals surface area contributed by atoms with Gasteiger partial charge < -0.3 is 4.74 Å². The zero-order chi connectivity index (χ0) is 8.69. The van der Waals surface area contributed by atoms with Crippen molar-refractivity contribution in [3.63, 3.8) is 0 Å². The van der Waals surface area contributed by atoms with Crippen molar-refractivity contribution >= 4 is 21.6 Å². The summed E-state index contributed by atoms with van der Waals surface area (Å²) in [7, 11) is 3.45. The Kier molecular flexibility index (Phi) is 6.46. The van der Waals surface area contributed by atoms with Crippen molar-refractivity contribution in [2.24, 2.45) is 4.99 Å². The fraction of sp³-hybridized carbons (Fsp3) is 0.625. The summed E-state index contributed by atoms with van der Waals surface area (Å²) in [5.41, 5.74) is 2.18. The molecule has 64 valence electrons. The number of rotatable bonds is 4. The van der Waals surface area contributed by atoms with Crippen LogP contribution in [0.1, 0.15) is 6.92 Å². The first-order valence-electron chi connectivity index (χ1n) is 3.44. The second-order valence-corrected chi connectivity index (χ2v) is 2.79. The molecule has 0 saturated heterocycles. The van der Waals surface area contributed by atoms with Crippen LogP contribution in [0, 0.1) is 0 Å². The summed E-state index contributed by atoms with van der Waals surface area (Å²) in [5, 5.41) is 0.863. The summed E-state index contributed by atoms with van der Waals surface area (Å²) in [6, 6.07) is 0. The molecule has 0 unspecified atom stereocenters. The highest BCUT2D eigenvalue weighted by atomic mass is 79.9. The van der Waals surface area contributed by atoms with Gasteiger partial charge in [0, 0.05) is 19.5 Å². The molecule has 0 aliphatic heterocycles. The summed E-state index contributed by atoms with van der Waals surface area (Å²) < 4.78 is 4.98. The third-order valence-corrected chi connectivity index (χ3v) is 1.71. The maximum atomic E-state index is 4.98. The summed E-state index contributed by atoms with van der Waals surface area (Å²) >= 11 is 3.33. The molecule has 0 spiro atoms. The van der Waals surface area contributed by atoms with Crippen molar-refractivity contribution in [2.45, 2.75) is 6.92 Å². The molecule has 0 aromatic rings. The van der Waals surface area contributed by atoms with Crippen LogP contribution in [0.25, 0.3) is 0 Å². The van der Waals surface area contributed by atoms with Crippen LogP contribution in [0.3, 0.4) is 0 Å². The van der Waals surface area contributed by atoms with E-state index in [1.54, 1.807) is 14.2 Å². The van der Waals surface area contributed by atoms with Crippen molar-refractivity contribution < 1.29 is 4.74 Å². The summed E-state index contributed by atoms with van der Waals surface area (Å²) in [6.07, 6.45) is 2.07. The van der Waals surface area contributed by atoms with Gasteiger partial charge in [0.1, 0.15) is 0 Å². The minimum absolute atomic E-state index is 0.589. The number of allylic oxidation sites excluding steroid dienone is 1. The van der Waals surface area contributed by atoms with Crippen LogP contribution in [-0.2, 0) is 4.74 Å². The second kappa shape index (κ2) is 6.55. The first-order chi connectivity index (χ1) is 5.26. The maximum Gasteiger partial charge on any atom is 0.0882 e. The lowest BCUT2D eigenvalue weighted by atomic mass is 10.2. The normalized spacial score (nSPS) is 13.8. The summed E-state index contributed by atoms with van der Waals surface area (Å²) in [6.45, 7) is 2.62. The Hall–Kier alpha value is -0.150. The Morgan fingerprint density at radius 3 is 2.64 bits per heavy atom. The lowest BCUT2D eigenvalue weighted by molar-refractivity contribution is 0.245. The van der Waals surface area contributed by atoms with Gasteiger partial charge in [0.2, 0.25) is 0 Å². The van der Waals surface area contributed by atoms with Gasteiger partial charge in [-0.15, -0.1) is 0 Å². The Bertz CT molecular complexity index is 163. The van der Waals surface area contributed by atoms with E-state index in [9.17, 15) is 0 Å². The van der Waals surface area contributed by atoms with Crippen LogP contribution in [0.2, 0.25) is 0 Å². The average molecular weight is 220 g/mol. The summed E-state index contributed by atoms with van der Waals surface area (Å²) in [4.78, 5) is 4.10. The van der Waals surface area contributed by atoms with E-state index in [1.807, 2.05) is 6.92 Å². The number of ether oxygens (including phenoxy) is 1. The van der Waals surface area contributed by atoms with E-state index >= 15 is 0 Å². The third-order valence-electron chi connectivity index (χ3n) is 1.39. The predicted octanol–water partition coefficient (Wildman–Crippen LogP) is 2.04. The van der Waals surface area contributed by atoms with Gasteiger partial charge >= 0.3 is 0 Å². The van der Waals surface area contributed by atoms with Gasteiger partial charge in [-0.25, -0.2) is 0 Å². The topological polar surface area (TPSA) is 21.6 Å². The molecule has 0 heterocycles. The minimum atomic E-state index is 0.589. The SMILES string of the molecule is CN=C(COC)/C(C)=C\CBr. The van der Waals surface area contributed by atoms with Crippen molar-refractivity contribution in [3.05, 3.63) is 11.6 Å². The number of halogens is 1. The van der Waals surface area contributed by atoms with Crippen molar-refractivity contribution in [2.75, 3.05) is 26.1 Å². The molecular formula is C8H14BrNO. The van der Waals surface area contributed by atoms with Gasteiger partial charge in [-0.1, -0.05) is 22.0 Å². The van der Waals surface area contributed by atoms with Gasteiger partial charge in [0.05, 0.1) is 12.3 Å². The van der Waals surface area contributed by atoms with E-state index in [0.29, 0.717) is 6.61 Å². The monoisotopic (exact) mass is 219 g/mol. The zero-order valence-corrected chi connectivity index (χ0v) is 8.81. The first kappa shape index (κ1) is 10.8. The fourth-order valence-corrected chi connectivity index (χ4v) is 1.21. The number of aliphatic imine (C=N–C) groups is 1. The molecule has 0 aromatic heterocycles. The van der Waals surface area contributed by atoms with E-state index in [1.165, 1.54) is 5.57 Å². The quantitative estimate of drug-likeness (QED) is 0.524. The highest BCUT2D eigenvalue weighted by molar-refractivity contribution is 9.09. The molecule has 0 atom stereocenters. The Morgan fingerprint density at radius 2 is 2.27 bits per heavy atom. The zero-order valence-electron chi connectivity index (χ0n) is 7.22. The van der Waals surface area contributed by atoms with E-state index in [2.05, 4.69) is 27.0 Å². The molecule has 0 radical (unpaired) electrons. The van der Waals surface area contributed by atoms with Crippen LogP contribution in [0.15, 0.2) is 16.6 Å². The molecule has 0 aliphatic rings. The second-order valence-electron chi connectivity index (χ2n) is 2.14. The molecule has 0 fully saturated rings. The van der Waals surface area contributed by atoms with Crippen LogP contribution < -0.4 is 0 Å². The third kappa shape index (κ3) is 4.32.